The fraction of sp³-hybridized carbons (Fsp3) is 0.0370. The van der Waals surface area contributed by atoms with E-state index in [1.54, 1.807) is 17.4 Å². The van der Waals surface area contributed by atoms with Crippen LogP contribution in [-0.4, -0.2) is 16.1 Å². The number of fused-ring (bicyclic) bond motifs is 3. The second-order valence-electron chi connectivity index (χ2n) is 7.82. The number of carbonyl (C=O) groups is 2. The molecule has 1 aliphatic carbocycles. The molecule has 0 bridgehead atoms. The molecule has 0 N–H and O–H groups in total. The summed E-state index contributed by atoms with van der Waals surface area (Å²) in [5, 5.41) is 1.94. The Labute approximate surface area is 182 Å². The molecule has 0 radical (unpaired) electrons. The fourth-order valence-corrected chi connectivity index (χ4v) is 5.44. The first-order chi connectivity index (χ1) is 15.1. The lowest BCUT2D eigenvalue weighted by atomic mass is 10.0. The number of thiophene rings is 1. The van der Waals surface area contributed by atoms with Crippen molar-refractivity contribution in [1.29, 1.82) is 0 Å². The largest absolute Gasteiger partial charge is 0.343 e. The van der Waals surface area contributed by atoms with Crippen molar-refractivity contribution in [3.05, 3.63) is 101 Å². The van der Waals surface area contributed by atoms with Crippen molar-refractivity contribution in [2.45, 2.75) is 0 Å². The Morgan fingerprint density at radius 2 is 1.39 bits per heavy atom. The van der Waals surface area contributed by atoms with Crippen LogP contribution in [0.15, 0.2) is 84.4 Å². The molecule has 5 aromatic rings. The summed E-state index contributed by atoms with van der Waals surface area (Å²) in [4.78, 5) is 27.3. The van der Waals surface area contributed by atoms with Gasteiger partial charge in [0.05, 0.1) is 15.8 Å². The molecule has 0 atom stereocenters. The summed E-state index contributed by atoms with van der Waals surface area (Å²) < 4.78 is 3.18. The fourth-order valence-electron chi connectivity index (χ4n) is 4.30. The van der Waals surface area contributed by atoms with E-state index < -0.39 is 0 Å². The SMILES string of the molecule is Cn1c(C=C2C(=O)c3cc4ccccc4cc3C2=O)cc2sc(-c3ccccc3)cc21. The van der Waals surface area contributed by atoms with Gasteiger partial charge in [-0.05, 0) is 46.7 Å². The molecule has 1 aliphatic rings. The highest BCUT2D eigenvalue weighted by molar-refractivity contribution is 7.22. The van der Waals surface area contributed by atoms with Gasteiger partial charge in [0.25, 0.3) is 0 Å². The smallest absolute Gasteiger partial charge is 0.197 e. The Bertz CT molecular complexity index is 1510. The standard InChI is InChI=1S/C27H17NO2S/c1-28-19(14-25-23(28)15-24(31-25)16-7-3-2-4-8-16)13-22-26(29)20-11-17-9-5-6-10-18(17)12-21(20)27(22)30/h2-15H,1H3. The molecular weight excluding hydrogens is 402 g/mol. The van der Waals surface area contributed by atoms with Gasteiger partial charge in [0.1, 0.15) is 0 Å². The maximum Gasteiger partial charge on any atom is 0.197 e. The molecule has 6 rings (SSSR count). The predicted molar refractivity (Wildman–Crippen MR) is 127 cm³/mol. The van der Waals surface area contributed by atoms with Crippen LogP contribution in [0.1, 0.15) is 26.4 Å². The van der Waals surface area contributed by atoms with Crippen LogP contribution in [0.4, 0.5) is 0 Å². The van der Waals surface area contributed by atoms with Crippen LogP contribution in [0.25, 0.3) is 37.5 Å². The van der Waals surface area contributed by atoms with Crippen molar-refractivity contribution < 1.29 is 9.59 Å². The van der Waals surface area contributed by atoms with Gasteiger partial charge in [-0.1, -0.05) is 54.6 Å². The van der Waals surface area contributed by atoms with Gasteiger partial charge in [0, 0.05) is 28.7 Å². The number of ketones is 2. The average Bonchev–Trinajstić information content (AvgIpc) is 3.41. The monoisotopic (exact) mass is 419 g/mol. The van der Waals surface area contributed by atoms with Crippen LogP contribution in [-0.2, 0) is 7.05 Å². The van der Waals surface area contributed by atoms with Gasteiger partial charge in [-0.15, -0.1) is 11.3 Å². The first-order valence-corrected chi connectivity index (χ1v) is 10.9. The highest BCUT2D eigenvalue weighted by Crippen LogP contribution is 2.37. The van der Waals surface area contributed by atoms with Gasteiger partial charge >= 0.3 is 0 Å². The highest BCUT2D eigenvalue weighted by atomic mass is 32.1. The van der Waals surface area contributed by atoms with Crippen LogP contribution < -0.4 is 0 Å². The molecule has 0 spiro atoms. The van der Waals surface area contributed by atoms with E-state index in [4.69, 9.17) is 0 Å². The van der Waals surface area contributed by atoms with Gasteiger partial charge in [0.2, 0.25) is 0 Å². The maximum atomic E-state index is 13.1. The van der Waals surface area contributed by atoms with E-state index in [0.717, 1.165) is 26.7 Å². The first kappa shape index (κ1) is 18.0. The van der Waals surface area contributed by atoms with Crippen molar-refractivity contribution in [2.75, 3.05) is 0 Å². The number of Topliss-reactive ketones (excluding diaryl/α,β-unsaturated/α-hetero) is 2. The second-order valence-corrected chi connectivity index (χ2v) is 8.90. The normalized spacial score (nSPS) is 13.4. The molecule has 0 fully saturated rings. The van der Waals surface area contributed by atoms with Gasteiger partial charge < -0.3 is 4.57 Å². The Morgan fingerprint density at radius 3 is 2.00 bits per heavy atom. The third kappa shape index (κ3) is 2.72. The molecule has 0 amide bonds. The second kappa shape index (κ2) is 6.62. The molecule has 0 saturated heterocycles. The van der Waals surface area contributed by atoms with E-state index in [1.165, 1.54) is 10.4 Å². The molecule has 4 heteroatoms. The molecule has 2 aromatic heterocycles. The lowest BCUT2D eigenvalue weighted by molar-refractivity contribution is 0.0990. The van der Waals surface area contributed by atoms with E-state index in [9.17, 15) is 9.59 Å². The summed E-state index contributed by atoms with van der Waals surface area (Å²) in [7, 11) is 1.97. The van der Waals surface area contributed by atoms with Crippen LogP contribution >= 0.6 is 11.3 Å². The molecule has 3 nitrogen and oxygen atoms in total. The van der Waals surface area contributed by atoms with Crippen molar-refractivity contribution >= 4 is 50.0 Å². The van der Waals surface area contributed by atoms with Crippen LogP contribution in [0, 0.1) is 0 Å². The Balaban J connectivity index is 1.43. The summed E-state index contributed by atoms with van der Waals surface area (Å²) >= 11 is 1.71. The number of aromatic nitrogens is 1. The lowest BCUT2D eigenvalue weighted by Gasteiger charge is -2.00. The predicted octanol–water partition coefficient (Wildman–Crippen LogP) is 6.52. The van der Waals surface area contributed by atoms with Crippen molar-refractivity contribution in [1.82, 2.24) is 4.57 Å². The number of benzene rings is 3. The zero-order valence-electron chi connectivity index (χ0n) is 16.8. The molecular formula is C27H17NO2S. The average molecular weight is 420 g/mol. The third-order valence-corrected chi connectivity index (χ3v) is 7.10. The minimum Gasteiger partial charge on any atom is -0.343 e. The van der Waals surface area contributed by atoms with E-state index in [2.05, 4.69) is 24.3 Å². The number of allylic oxidation sites excluding steroid dienone is 1. The Kier molecular flexibility index (Phi) is 3.86. The van der Waals surface area contributed by atoms with Crippen molar-refractivity contribution in [3.8, 4) is 10.4 Å². The van der Waals surface area contributed by atoms with Gasteiger partial charge in [-0.25, -0.2) is 0 Å². The molecule has 0 unspecified atom stereocenters. The number of aryl methyl sites for hydroxylation is 1. The number of nitrogens with zero attached hydrogens (tertiary/aromatic N) is 1. The number of rotatable bonds is 2. The zero-order chi connectivity index (χ0) is 21.1. The van der Waals surface area contributed by atoms with E-state index in [0.29, 0.717) is 11.1 Å². The quantitative estimate of drug-likeness (QED) is 0.241. The summed E-state index contributed by atoms with van der Waals surface area (Å²) in [6.45, 7) is 0. The van der Waals surface area contributed by atoms with E-state index in [1.807, 2.05) is 66.2 Å². The van der Waals surface area contributed by atoms with Crippen molar-refractivity contribution in [3.63, 3.8) is 0 Å². The zero-order valence-corrected chi connectivity index (χ0v) is 17.6. The van der Waals surface area contributed by atoms with Gasteiger partial charge in [-0.3, -0.25) is 9.59 Å². The Morgan fingerprint density at radius 1 is 0.774 bits per heavy atom. The molecule has 0 saturated carbocycles. The molecule has 148 valence electrons. The topological polar surface area (TPSA) is 39.1 Å². The van der Waals surface area contributed by atoms with Crippen LogP contribution in [0.3, 0.4) is 0 Å². The highest BCUT2D eigenvalue weighted by Gasteiger charge is 2.33. The summed E-state index contributed by atoms with van der Waals surface area (Å²) in [5.41, 5.74) is 4.37. The molecule has 2 heterocycles. The number of hydrogen-bond donors (Lipinski definition) is 0. The Hall–Kier alpha value is -3.76. The molecule has 0 aliphatic heterocycles. The van der Waals surface area contributed by atoms with Crippen molar-refractivity contribution in [2.24, 2.45) is 7.05 Å². The number of hydrogen-bond acceptors (Lipinski definition) is 3. The minimum absolute atomic E-state index is 0.194. The molecule has 3 aromatic carbocycles. The molecule has 31 heavy (non-hydrogen) atoms. The van der Waals surface area contributed by atoms with E-state index >= 15 is 0 Å². The third-order valence-electron chi connectivity index (χ3n) is 5.98. The van der Waals surface area contributed by atoms with Crippen LogP contribution in [0.2, 0.25) is 0 Å². The summed E-state index contributed by atoms with van der Waals surface area (Å²) in [6, 6.07) is 26.0. The summed E-state index contributed by atoms with van der Waals surface area (Å²) in [6.07, 6.45) is 1.74. The van der Waals surface area contributed by atoms with Crippen LogP contribution in [0.5, 0.6) is 0 Å². The number of carbonyl (C=O) groups excluding carboxylic acids is 2. The van der Waals surface area contributed by atoms with Gasteiger partial charge in [-0.2, -0.15) is 0 Å². The minimum atomic E-state index is -0.194. The first-order valence-electron chi connectivity index (χ1n) is 10.1. The maximum absolute atomic E-state index is 13.1. The lowest BCUT2D eigenvalue weighted by Crippen LogP contribution is -2.01. The summed E-state index contributed by atoms with van der Waals surface area (Å²) in [5.74, 6) is -0.388. The van der Waals surface area contributed by atoms with E-state index in [-0.39, 0.29) is 17.1 Å². The van der Waals surface area contributed by atoms with Gasteiger partial charge in [0.15, 0.2) is 11.6 Å².